The van der Waals surface area contributed by atoms with E-state index in [1.807, 2.05) is 32.9 Å². The minimum atomic E-state index is -0.749. The van der Waals surface area contributed by atoms with Crippen molar-refractivity contribution in [1.29, 1.82) is 0 Å². The summed E-state index contributed by atoms with van der Waals surface area (Å²) in [6.07, 6.45) is 2.83. The number of carbonyl (C=O) groups excluding carboxylic acids is 2. The van der Waals surface area contributed by atoms with Gasteiger partial charge in [-0.15, -0.1) is 0 Å². The number of nitrogens with one attached hydrogen (secondary N) is 1. The molecule has 0 bridgehead atoms. The standard InChI is InChI=1S/C22H30N4O5/c1-4-7-13-25(18-19(23)26(12-5-2)22(30)24-20(18)28)17(27)14-31-21(29)16-10-8-15(6-3)9-11-16/h8-11H,4-7,12-14,23H2,1-3H3,(H,24,28,30). The van der Waals surface area contributed by atoms with E-state index in [1.54, 1.807) is 12.1 Å². The van der Waals surface area contributed by atoms with E-state index in [1.165, 1.54) is 9.47 Å². The van der Waals surface area contributed by atoms with Crippen LogP contribution >= 0.6 is 0 Å². The molecule has 9 nitrogen and oxygen atoms in total. The average Bonchev–Trinajstić information content (AvgIpc) is 2.76. The van der Waals surface area contributed by atoms with Crippen LogP contribution < -0.4 is 21.9 Å². The van der Waals surface area contributed by atoms with Crippen LogP contribution in [0.4, 0.5) is 11.5 Å². The number of hydrogen-bond acceptors (Lipinski definition) is 6. The molecular weight excluding hydrogens is 400 g/mol. The highest BCUT2D eigenvalue weighted by molar-refractivity contribution is 5.98. The first-order valence-corrected chi connectivity index (χ1v) is 10.5. The molecule has 31 heavy (non-hydrogen) atoms. The number of nitrogen functional groups attached to an aromatic ring is 1. The monoisotopic (exact) mass is 430 g/mol. The van der Waals surface area contributed by atoms with Crippen molar-refractivity contribution in [2.24, 2.45) is 0 Å². The van der Waals surface area contributed by atoms with Crippen LogP contribution in [0.5, 0.6) is 0 Å². The second-order valence-electron chi connectivity index (χ2n) is 7.17. The fraction of sp³-hybridized carbons (Fsp3) is 0.455. The SMILES string of the molecule is CCCCN(C(=O)COC(=O)c1ccc(CC)cc1)c1c(N)n(CCC)c(=O)[nH]c1=O. The van der Waals surface area contributed by atoms with Gasteiger partial charge in [-0.2, -0.15) is 0 Å². The highest BCUT2D eigenvalue weighted by Gasteiger charge is 2.25. The number of unbranched alkanes of at least 4 members (excludes halogenated alkanes) is 1. The Morgan fingerprint density at radius 1 is 1.10 bits per heavy atom. The first-order chi connectivity index (χ1) is 14.8. The van der Waals surface area contributed by atoms with E-state index in [4.69, 9.17) is 10.5 Å². The van der Waals surface area contributed by atoms with Crippen LogP contribution in [0.25, 0.3) is 0 Å². The third-order valence-electron chi connectivity index (χ3n) is 4.89. The van der Waals surface area contributed by atoms with Gasteiger partial charge < -0.3 is 15.4 Å². The molecular formula is C22H30N4O5. The fourth-order valence-corrected chi connectivity index (χ4v) is 3.13. The molecule has 9 heteroatoms. The maximum absolute atomic E-state index is 12.9. The Kier molecular flexibility index (Phi) is 8.60. The zero-order valence-corrected chi connectivity index (χ0v) is 18.3. The van der Waals surface area contributed by atoms with Crippen molar-refractivity contribution in [3.8, 4) is 0 Å². The number of nitrogens with two attached hydrogens (primary N) is 1. The summed E-state index contributed by atoms with van der Waals surface area (Å²) in [6.45, 7) is 5.76. The summed E-state index contributed by atoms with van der Waals surface area (Å²) in [5.74, 6) is -1.31. The van der Waals surface area contributed by atoms with Crippen molar-refractivity contribution in [2.45, 2.75) is 53.0 Å². The van der Waals surface area contributed by atoms with Gasteiger partial charge in [0.2, 0.25) is 0 Å². The first kappa shape index (κ1) is 23.9. The van der Waals surface area contributed by atoms with Crippen molar-refractivity contribution in [2.75, 3.05) is 23.8 Å². The van der Waals surface area contributed by atoms with Gasteiger partial charge in [0.1, 0.15) is 5.82 Å². The minimum Gasteiger partial charge on any atom is -0.452 e. The number of aryl methyl sites for hydroxylation is 1. The number of rotatable bonds is 10. The number of aromatic nitrogens is 2. The summed E-state index contributed by atoms with van der Waals surface area (Å²) < 4.78 is 6.40. The quantitative estimate of drug-likeness (QED) is 0.556. The summed E-state index contributed by atoms with van der Waals surface area (Å²) in [4.78, 5) is 53.2. The Morgan fingerprint density at radius 2 is 1.77 bits per heavy atom. The number of esters is 1. The summed E-state index contributed by atoms with van der Waals surface area (Å²) in [5.41, 5.74) is 6.03. The number of ether oxygens (including phenoxy) is 1. The molecule has 0 spiro atoms. The van der Waals surface area contributed by atoms with Crippen LogP contribution in [-0.4, -0.2) is 34.6 Å². The molecule has 1 heterocycles. The van der Waals surface area contributed by atoms with Crippen LogP contribution in [0.2, 0.25) is 0 Å². The molecule has 0 aliphatic rings. The van der Waals surface area contributed by atoms with Gasteiger partial charge in [-0.3, -0.25) is 19.1 Å². The molecule has 3 N–H and O–H groups in total. The molecule has 0 fully saturated rings. The lowest BCUT2D eigenvalue weighted by atomic mass is 10.1. The molecule has 1 aromatic heterocycles. The van der Waals surface area contributed by atoms with E-state index in [-0.39, 0.29) is 18.1 Å². The van der Waals surface area contributed by atoms with Crippen molar-refractivity contribution < 1.29 is 14.3 Å². The Hall–Kier alpha value is -3.36. The molecule has 1 aromatic carbocycles. The molecule has 0 atom stereocenters. The molecule has 0 saturated heterocycles. The second kappa shape index (κ2) is 11.1. The number of hydrogen-bond donors (Lipinski definition) is 2. The summed E-state index contributed by atoms with van der Waals surface area (Å²) in [6, 6.07) is 6.93. The Balaban J connectivity index is 2.26. The summed E-state index contributed by atoms with van der Waals surface area (Å²) in [5, 5.41) is 0. The lowest BCUT2D eigenvalue weighted by Gasteiger charge is -2.24. The Bertz CT molecular complexity index is 1020. The van der Waals surface area contributed by atoms with Gasteiger partial charge in [-0.25, -0.2) is 9.59 Å². The predicted molar refractivity (Wildman–Crippen MR) is 119 cm³/mol. The highest BCUT2D eigenvalue weighted by atomic mass is 16.5. The molecule has 0 radical (unpaired) electrons. The molecule has 2 aromatic rings. The van der Waals surface area contributed by atoms with Gasteiger partial charge >= 0.3 is 11.7 Å². The van der Waals surface area contributed by atoms with E-state index < -0.39 is 29.7 Å². The van der Waals surface area contributed by atoms with E-state index in [0.717, 1.165) is 18.4 Å². The lowest BCUT2D eigenvalue weighted by Crippen LogP contribution is -2.43. The topological polar surface area (TPSA) is 127 Å². The third-order valence-corrected chi connectivity index (χ3v) is 4.89. The largest absolute Gasteiger partial charge is 0.452 e. The molecule has 2 rings (SSSR count). The van der Waals surface area contributed by atoms with E-state index in [9.17, 15) is 19.2 Å². The Labute approximate surface area is 180 Å². The van der Waals surface area contributed by atoms with Crippen molar-refractivity contribution in [3.05, 3.63) is 56.2 Å². The van der Waals surface area contributed by atoms with Crippen LogP contribution in [0.15, 0.2) is 33.9 Å². The Morgan fingerprint density at radius 3 is 2.35 bits per heavy atom. The molecule has 1 amide bonds. The zero-order chi connectivity index (χ0) is 23.0. The second-order valence-corrected chi connectivity index (χ2v) is 7.17. The first-order valence-electron chi connectivity index (χ1n) is 10.5. The number of H-pyrrole nitrogens is 1. The van der Waals surface area contributed by atoms with Gasteiger partial charge in [0.15, 0.2) is 12.3 Å². The summed E-state index contributed by atoms with van der Waals surface area (Å²) in [7, 11) is 0. The lowest BCUT2D eigenvalue weighted by molar-refractivity contribution is -0.121. The normalized spacial score (nSPS) is 10.7. The fourth-order valence-electron chi connectivity index (χ4n) is 3.13. The third kappa shape index (κ3) is 5.84. The van der Waals surface area contributed by atoms with E-state index in [2.05, 4.69) is 4.98 Å². The number of benzene rings is 1. The summed E-state index contributed by atoms with van der Waals surface area (Å²) >= 11 is 0. The van der Waals surface area contributed by atoms with Crippen LogP contribution in [0.1, 0.15) is 56.0 Å². The van der Waals surface area contributed by atoms with Crippen molar-refractivity contribution in [3.63, 3.8) is 0 Å². The van der Waals surface area contributed by atoms with Gasteiger partial charge in [-0.1, -0.05) is 39.3 Å². The average molecular weight is 431 g/mol. The van der Waals surface area contributed by atoms with Crippen LogP contribution in [-0.2, 0) is 22.5 Å². The molecule has 0 aliphatic carbocycles. The van der Waals surface area contributed by atoms with Crippen molar-refractivity contribution in [1.82, 2.24) is 9.55 Å². The number of nitrogens with zero attached hydrogens (tertiary/aromatic N) is 2. The molecule has 0 aliphatic heterocycles. The number of anilines is 2. The molecule has 0 unspecified atom stereocenters. The van der Waals surface area contributed by atoms with Crippen LogP contribution in [0, 0.1) is 0 Å². The smallest absolute Gasteiger partial charge is 0.338 e. The minimum absolute atomic E-state index is 0.0819. The van der Waals surface area contributed by atoms with Gasteiger partial charge in [0.05, 0.1) is 5.56 Å². The van der Waals surface area contributed by atoms with Crippen LogP contribution in [0.3, 0.4) is 0 Å². The number of carbonyl (C=O) groups is 2. The number of aromatic amines is 1. The zero-order valence-electron chi connectivity index (χ0n) is 18.3. The molecule has 0 saturated carbocycles. The molecule has 168 valence electrons. The van der Waals surface area contributed by atoms with Gasteiger partial charge in [0.25, 0.3) is 11.5 Å². The van der Waals surface area contributed by atoms with Gasteiger partial charge in [-0.05, 0) is 37.0 Å². The van der Waals surface area contributed by atoms with Gasteiger partial charge in [0, 0.05) is 13.1 Å². The van der Waals surface area contributed by atoms with Crippen molar-refractivity contribution >= 4 is 23.4 Å². The van der Waals surface area contributed by atoms with E-state index >= 15 is 0 Å². The maximum atomic E-state index is 12.9. The number of amides is 1. The predicted octanol–water partition coefficient (Wildman–Crippen LogP) is 2.08. The maximum Gasteiger partial charge on any atom is 0.338 e. The van der Waals surface area contributed by atoms with E-state index in [0.29, 0.717) is 24.9 Å². The highest BCUT2D eigenvalue weighted by Crippen LogP contribution is 2.18.